The summed E-state index contributed by atoms with van der Waals surface area (Å²) < 4.78 is 11.2. The number of rotatable bonds is 7. The Labute approximate surface area is 170 Å². The zero-order chi connectivity index (χ0) is 20.7. The number of hydrogen-bond acceptors (Lipinski definition) is 6. The Morgan fingerprint density at radius 3 is 2.62 bits per heavy atom. The third kappa shape index (κ3) is 5.13. The van der Waals surface area contributed by atoms with Gasteiger partial charge in [-0.1, -0.05) is 30.3 Å². The Hall–Kier alpha value is -2.90. The highest BCUT2D eigenvalue weighted by molar-refractivity contribution is 6.14. The van der Waals surface area contributed by atoms with Crippen LogP contribution in [0.4, 0.5) is 0 Å². The average Bonchev–Trinajstić information content (AvgIpc) is 2.76. The average molecular weight is 397 g/mol. The first kappa shape index (κ1) is 20.8. The SMILES string of the molecule is CN/C(C(=O)NC1(CO)CCOCC1)=C1/C=C(OCc2ccccc2)C=CC1=N. The number of carbonyl (C=O) groups is 1. The van der Waals surface area contributed by atoms with E-state index in [2.05, 4.69) is 10.6 Å². The third-order valence-corrected chi connectivity index (χ3v) is 5.12. The van der Waals surface area contributed by atoms with Gasteiger partial charge in [-0.2, -0.15) is 0 Å². The summed E-state index contributed by atoms with van der Waals surface area (Å²) in [5.74, 6) is 0.209. The zero-order valence-electron chi connectivity index (χ0n) is 16.5. The normalized spacial score (nSPS) is 19.9. The second kappa shape index (κ2) is 9.54. The second-order valence-corrected chi connectivity index (χ2v) is 7.11. The van der Waals surface area contributed by atoms with Crippen LogP contribution in [0, 0.1) is 5.41 Å². The highest BCUT2D eigenvalue weighted by Crippen LogP contribution is 2.22. The molecule has 29 heavy (non-hydrogen) atoms. The van der Waals surface area contributed by atoms with Gasteiger partial charge in [-0.3, -0.25) is 4.79 Å². The smallest absolute Gasteiger partial charge is 0.268 e. The molecule has 1 fully saturated rings. The van der Waals surface area contributed by atoms with Crippen molar-refractivity contribution in [3.8, 4) is 0 Å². The number of allylic oxidation sites excluding steroid dienone is 4. The minimum atomic E-state index is -0.707. The Morgan fingerprint density at radius 1 is 1.24 bits per heavy atom. The topological polar surface area (TPSA) is 104 Å². The number of carbonyl (C=O) groups excluding carboxylic acids is 1. The van der Waals surface area contributed by atoms with E-state index >= 15 is 0 Å². The summed E-state index contributed by atoms with van der Waals surface area (Å²) in [5, 5.41) is 23.9. The Morgan fingerprint density at radius 2 is 1.97 bits per heavy atom. The van der Waals surface area contributed by atoms with Crippen LogP contribution < -0.4 is 10.6 Å². The van der Waals surface area contributed by atoms with Gasteiger partial charge >= 0.3 is 0 Å². The first-order valence-corrected chi connectivity index (χ1v) is 9.65. The summed E-state index contributed by atoms with van der Waals surface area (Å²) in [5.41, 5.74) is 1.24. The summed E-state index contributed by atoms with van der Waals surface area (Å²) in [6.45, 7) is 1.21. The number of hydrogen-bond donors (Lipinski definition) is 4. The van der Waals surface area contributed by atoms with E-state index in [4.69, 9.17) is 14.9 Å². The largest absolute Gasteiger partial charge is 0.489 e. The van der Waals surface area contributed by atoms with E-state index < -0.39 is 5.54 Å². The molecule has 0 saturated carbocycles. The maximum Gasteiger partial charge on any atom is 0.268 e. The van der Waals surface area contributed by atoms with E-state index in [0.717, 1.165) is 5.56 Å². The van der Waals surface area contributed by atoms with E-state index in [1.54, 1.807) is 25.3 Å². The predicted octanol–water partition coefficient (Wildman–Crippen LogP) is 1.81. The van der Waals surface area contributed by atoms with Gasteiger partial charge in [0.2, 0.25) is 0 Å². The van der Waals surface area contributed by atoms with E-state index in [9.17, 15) is 9.90 Å². The van der Waals surface area contributed by atoms with Crippen LogP contribution in [-0.2, 0) is 20.9 Å². The van der Waals surface area contributed by atoms with Gasteiger partial charge in [-0.15, -0.1) is 0 Å². The van der Waals surface area contributed by atoms with Crippen LogP contribution in [0.15, 0.2) is 65.6 Å². The van der Waals surface area contributed by atoms with Gasteiger partial charge in [0.1, 0.15) is 18.1 Å². The fraction of sp³-hybridized carbons (Fsp3) is 0.364. The molecule has 0 spiro atoms. The quantitative estimate of drug-likeness (QED) is 0.526. The lowest BCUT2D eigenvalue weighted by Gasteiger charge is -2.36. The third-order valence-electron chi connectivity index (χ3n) is 5.12. The molecule has 1 amide bonds. The molecule has 1 aromatic rings. The molecular formula is C22H27N3O4. The molecule has 0 bridgehead atoms. The lowest BCUT2D eigenvalue weighted by molar-refractivity contribution is -0.121. The molecule has 1 aliphatic carbocycles. The Kier molecular flexibility index (Phi) is 6.85. The van der Waals surface area contributed by atoms with Crippen molar-refractivity contribution in [2.75, 3.05) is 26.9 Å². The van der Waals surface area contributed by atoms with E-state index in [1.807, 2.05) is 30.3 Å². The monoisotopic (exact) mass is 397 g/mol. The molecule has 7 heteroatoms. The van der Waals surface area contributed by atoms with Gasteiger partial charge in [-0.05, 0) is 36.6 Å². The second-order valence-electron chi connectivity index (χ2n) is 7.11. The number of amides is 1. The lowest BCUT2D eigenvalue weighted by Crippen LogP contribution is -2.55. The molecule has 1 aliphatic heterocycles. The van der Waals surface area contributed by atoms with Crippen LogP contribution in [0.25, 0.3) is 0 Å². The first-order valence-electron chi connectivity index (χ1n) is 9.65. The number of aliphatic hydroxyl groups excluding tert-OH is 1. The van der Waals surface area contributed by atoms with Crippen LogP contribution in [0.5, 0.6) is 0 Å². The van der Waals surface area contributed by atoms with E-state index in [1.165, 1.54) is 0 Å². The number of likely N-dealkylation sites (N-methyl/N-ethyl adjacent to an activating group) is 1. The summed E-state index contributed by atoms with van der Waals surface area (Å²) in [6, 6.07) is 9.78. The molecule has 0 radical (unpaired) electrons. The number of benzene rings is 1. The minimum absolute atomic E-state index is 0.160. The maximum absolute atomic E-state index is 13.0. The zero-order valence-corrected chi connectivity index (χ0v) is 16.5. The van der Waals surface area contributed by atoms with Gasteiger partial charge in [0.15, 0.2) is 0 Å². The van der Waals surface area contributed by atoms with Gasteiger partial charge in [0.05, 0.1) is 17.9 Å². The van der Waals surface area contributed by atoms with Crippen molar-refractivity contribution in [1.29, 1.82) is 5.41 Å². The van der Waals surface area contributed by atoms with Crippen LogP contribution in [0.1, 0.15) is 18.4 Å². The van der Waals surface area contributed by atoms with Gasteiger partial charge < -0.3 is 30.6 Å². The van der Waals surface area contributed by atoms with E-state index in [-0.39, 0.29) is 23.9 Å². The van der Waals surface area contributed by atoms with Crippen molar-refractivity contribution in [2.45, 2.75) is 25.0 Å². The highest BCUT2D eigenvalue weighted by Gasteiger charge is 2.34. The highest BCUT2D eigenvalue weighted by atomic mass is 16.5. The standard InChI is InChI=1S/C22H27N3O4/c1-24-20(21(27)25-22(15-26)9-11-28-12-10-22)18-13-17(7-8-19(18)23)29-14-16-5-3-2-4-6-16/h2-8,13,23-24,26H,9-12,14-15H2,1H3,(H,25,27)/b20-18-,23-19?. The van der Waals surface area contributed by atoms with Crippen LogP contribution >= 0.6 is 0 Å². The Balaban J connectivity index is 1.78. The summed E-state index contributed by atoms with van der Waals surface area (Å²) >= 11 is 0. The predicted molar refractivity (Wildman–Crippen MR) is 110 cm³/mol. The molecule has 1 heterocycles. The molecule has 4 N–H and O–H groups in total. The molecule has 154 valence electrons. The molecule has 0 atom stereocenters. The summed E-state index contributed by atoms with van der Waals surface area (Å²) in [6.07, 6.45) is 6.09. The molecular weight excluding hydrogens is 370 g/mol. The van der Waals surface area contributed by atoms with Crippen LogP contribution in [0.3, 0.4) is 0 Å². The molecule has 1 aromatic carbocycles. The summed E-state index contributed by atoms with van der Waals surface area (Å²) in [4.78, 5) is 13.0. The minimum Gasteiger partial charge on any atom is -0.489 e. The maximum atomic E-state index is 13.0. The molecule has 2 aliphatic rings. The van der Waals surface area contributed by atoms with Crippen molar-refractivity contribution in [1.82, 2.24) is 10.6 Å². The number of ether oxygens (including phenoxy) is 2. The van der Waals surface area contributed by atoms with Crippen molar-refractivity contribution in [2.24, 2.45) is 0 Å². The van der Waals surface area contributed by atoms with E-state index in [0.29, 0.717) is 44.0 Å². The van der Waals surface area contributed by atoms with Crippen LogP contribution in [0.2, 0.25) is 0 Å². The molecule has 0 unspecified atom stereocenters. The van der Waals surface area contributed by atoms with Gasteiger partial charge in [0, 0.05) is 25.8 Å². The fourth-order valence-corrected chi connectivity index (χ4v) is 3.32. The van der Waals surface area contributed by atoms with Crippen LogP contribution in [-0.4, -0.2) is 49.1 Å². The first-order chi connectivity index (χ1) is 14.1. The van der Waals surface area contributed by atoms with Crippen molar-refractivity contribution in [3.05, 3.63) is 71.2 Å². The number of aliphatic hydroxyl groups is 1. The number of nitrogens with one attached hydrogen (secondary N) is 3. The summed E-state index contributed by atoms with van der Waals surface area (Å²) in [7, 11) is 1.64. The molecule has 1 saturated heterocycles. The van der Waals surface area contributed by atoms with Crippen molar-refractivity contribution < 1.29 is 19.4 Å². The van der Waals surface area contributed by atoms with Crippen molar-refractivity contribution in [3.63, 3.8) is 0 Å². The van der Waals surface area contributed by atoms with Gasteiger partial charge in [-0.25, -0.2) is 0 Å². The molecule has 0 aromatic heterocycles. The van der Waals surface area contributed by atoms with Crippen molar-refractivity contribution >= 4 is 11.6 Å². The lowest BCUT2D eigenvalue weighted by atomic mass is 9.90. The Bertz CT molecular complexity index is 837. The van der Waals surface area contributed by atoms with Gasteiger partial charge in [0.25, 0.3) is 5.91 Å². The molecule has 7 nitrogen and oxygen atoms in total. The molecule has 3 rings (SSSR count). The fourth-order valence-electron chi connectivity index (χ4n) is 3.32.